The smallest absolute Gasteiger partial charge is 0.296 e. The van der Waals surface area contributed by atoms with Crippen LogP contribution in [0, 0.1) is 11.8 Å². The topological polar surface area (TPSA) is 95.6 Å². The van der Waals surface area contributed by atoms with Crippen LogP contribution in [0.4, 0.5) is 26.3 Å². The van der Waals surface area contributed by atoms with Gasteiger partial charge in [-0.25, -0.2) is 26.3 Å². The van der Waals surface area contributed by atoms with E-state index in [1.165, 1.54) is 32.6 Å². The molecule has 0 saturated heterocycles. The largest absolute Gasteiger partial charge is 0.511 e. The van der Waals surface area contributed by atoms with E-state index in [-0.39, 0.29) is 19.6 Å². The van der Waals surface area contributed by atoms with Crippen molar-refractivity contribution >= 4 is 41.6 Å². The molecule has 3 aromatic rings. The first-order chi connectivity index (χ1) is 19.2. The second-order valence-corrected chi connectivity index (χ2v) is 14.2. The fraction of sp³-hybridized carbons (Fsp3) is 0.481. The molecule has 3 rings (SSSR count). The molecule has 0 aromatic heterocycles. The molecule has 0 radical (unpaired) electrons. The molecular formula is C27H33F6N3O4S2. The summed E-state index contributed by atoms with van der Waals surface area (Å²) in [5, 5.41) is 3.22. The number of hydrogen-bond acceptors (Lipinski definition) is 5. The maximum atomic E-state index is 13.3. The highest BCUT2D eigenvalue weighted by Gasteiger charge is 2.48. The number of halogens is 6. The van der Waals surface area contributed by atoms with E-state index in [0.717, 1.165) is 21.5 Å². The summed E-state index contributed by atoms with van der Waals surface area (Å²) in [4.78, 5) is 1.49. The minimum absolute atomic E-state index is 0.0319. The molecule has 0 fully saturated rings. The van der Waals surface area contributed by atoms with Crippen molar-refractivity contribution < 1.29 is 43.2 Å². The molecule has 15 heteroatoms. The van der Waals surface area contributed by atoms with Crippen molar-refractivity contribution in [3.63, 3.8) is 0 Å². The number of alkyl halides is 6. The lowest BCUT2D eigenvalue weighted by molar-refractivity contribution is -0.0457. The van der Waals surface area contributed by atoms with Gasteiger partial charge in [0.05, 0.1) is 0 Å². The normalized spacial score (nSPS) is 15.3. The van der Waals surface area contributed by atoms with Gasteiger partial charge < -0.3 is 0 Å². The molecule has 0 amide bonds. The van der Waals surface area contributed by atoms with Gasteiger partial charge in [0.1, 0.15) is 0 Å². The van der Waals surface area contributed by atoms with Crippen LogP contribution < -0.4 is 9.44 Å². The average molecular weight is 642 g/mol. The fourth-order valence-corrected chi connectivity index (χ4v) is 6.32. The monoisotopic (exact) mass is 641 g/mol. The van der Waals surface area contributed by atoms with Crippen LogP contribution in [0.2, 0.25) is 0 Å². The summed E-state index contributed by atoms with van der Waals surface area (Å²) in [6, 6.07) is 13.9. The third kappa shape index (κ3) is 7.92. The third-order valence-electron chi connectivity index (χ3n) is 7.01. The number of sulfonamides is 2. The lowest BCUT2D eigenvalue weighted by Crippen LogP contribution is -2.54. The molecular weight excluding hydrogens is 608 g/mol. The standard InChI is InChI=1S/C27H33F6N3O4S2/c1-17(2)24(34-41(37,38)26(28,29)30)15-36(16-25(18(3)4)35-42(39,40)27(31,32)33)14-23-21-11-7-5-9-19(21)13-20-10-6-8-12-22(20)23/h5-13,17-18,24-25,34-35H,14-16H2,1-4H3/t24-,25-/m1/s1. The molecule has 2 atom stereocenters. The maximum absolute atomic E-state index is 13.3. The van der Waals surface area contributed by atoms with E-state index < -0.39 is 55.0 Å². The quantitative estimate of drug-likeness (QED) is 0.195. The molecule has 0 bridgehead atoms. The molecule has 2 N–H and O–H groups in total. The van der Waals surface area contributed by atoms with Crippen LogP contribution in [-0.2, 0) is 26.6 Å². The van der Waals surface area contributed by atoms with E-state index >= 15 is 0 Å². The van der Waals surface area contributed by atoms with Crippen LogP contribution in [0.15, 0.2) is 54.6 Å². The number of hydrogen-bond donors (Lipinski definition) is 2. The summed E-state index contributed by atoms with van der Waals surface area (Å²) in [6.07, 6.45) is 0. The summed E-state index contributed by atoms with van der Waals surface area (Å²) in [7, 11) is -11.5. The maximum Gasteiger partial charge on any atom is 0.511 e. The zero-order valence-corrected chi connectivity index (χ0v) is 24.9. The summed E-state index contributed by atoms with van der Waals surface area (Å²) >= 11 is 0. The van der Waals surface area contributed by atoms with Gasteiger partial charge in [0, 0.05) is 31.7 Å². The van der Waals surface area contributed by atoms with Crippen LogP contribution in [0.5, 0.6) is 0 Å². The highest BCUT2D eigenvalue weighted by Crippen LogP contribution is 2.31. The SMILES string of the molecule is CC(C)[C@@H](CN(Cc1c2ccccc2cc2ccccc12)C[C@@H](NS(=O)(=O)C(F)(F)F)C(C)C)NS(=O)(=O)C(F)(F)F. The van der Waals surface area contributed by atoms with Gasteiger partial charge in [-0.2, -0.15) is 26.3 Å². The Morgan fingerprint density at radius 3 is 1.36 bits per heavy atom. The van der Waals surface area contributed by atoms with Gasteiger partial charge in [0.2, 0.25) is 0 Å². The first kappa shape index (κ1) is 34.0. The Balaban J connectivity index is 2.13. The molecule has 0 aliphatic heterocycles. The average Bonchev–Trinajstić information content (AvgIpc) is 2.85. The highest BCUT2D eigenvalue weighted by atomic mass is 32.2. The van der Waals surface area contributed by atoms with Gasteiger partial charge in [-0.3, -0.25) is 4.90 Å². The fourth-order valence-electron chi connectivity index (χ4n) is 4.56. The minimum atomic E-state index is -5.76. The number of benzene rings is 3. The zero-order valence-electron chi connectivity index (χ0n) is 23.3. The van der Waals surface area contributed by atoms with Gasteiger partial charge in [-0.15, -0.1) is 0 Å². The van der Waals surface area contributed by atoms with E-state index in [1.54, 1.807) is 21.6 Å². The Bertz CT molecular complexity index is 1490. The summed E-state index contributed by atoms with van der Waals surface area (Å²) in [5.41, 5.74) is -10.5. The first-order valence-corrected chi connectivity index (χ1v) is 16.0. The van der Waals surface area contributed by atoms with Crippen molar-refractivity contribution in [3.05, 3.63) is 60.2 Å². The van der Waals surface area contributed by atoms with Crippen molar-refractivity contribution in [1.82, 2.24) is 14.3 Å². The number of fused-ring (bicyclic) bond motifs is 2. The Kier molecular flexibility index (Phi) is 10.2. The molecule has 0 aliphatic rings. The Morgan fingerprint density at radius 1 is 0.667 bits per heavy atom. The second-order valence-electron chi connectivity index (χ2n) is 10.8. The summed E-state index contributed by atoms with van der Waals surface area (Å²) < 4.78 is 131. The van der Waals surface area contributed by atoms with Crippen LogP contribution in [0.25, 0.3) is 21.5 Å². The first-order valence-electron chi connectivity index (χ1n) is 13.0. The van der Waals surface area contributed by atoms with Gasteiger partial charge in [0.15, 0.2) is 0 Å². The van der Waals surface area contributed by atoms with Crippen LogP contribution in [-0.4, -0.2) is 57.9 Å². The summed E-state index contributed by atoms with van der Waals surface area (Å²) in [6.45, 7) is 5.25. The molecule has 0 saturated carbocycles. The Hall–Kier alpha value is -2.46. The predicted octanol–water partition coefficient (Wildman–Crippen LogP) is 5.72. The van der Waals surface area contributed by atoms with Crippen LogP contribution >= 0.6 is 0 Å². The van der Waals surface area contributed by atoms with Gasteiger partial charge in [0.25, 0.3) is 0 Å². The molecule has 0 spiro atoms. The number of nitrogens with zero attached hydrogens (tertiary/aromatic N) is 1. The van der Waals surface area contributed by atoms with Gasteiger partial charge in [-0.1, -0.05) is 76.2 Å². The molecule has 7 nitrogen and oxygen atoms in total. The zero-order chi connectivity index (χ0) is 31.7. The van der Waals surface area contributed by atoms with Crippen molar-refractivity contribution in [1.29, 1.82) is 0 Å². The van der Waals surface area contributed by atoms with E-state index in [2.05, 4.69) is 0 Å². The van der Waals surface area contributed by atoms with Crippen molar-refractivity contribution in [2.75, 3.05) is 13.1 Å². The summed E-state index contributed by atoms with van der Waals surface area (Å²) in [5.74, 6) is -1.34. The second kappa shape index (κ2) is 12.6. The molecule has 0 aliphatic carbocycles. The van der Waals surface area contributed by atoms with Gasteiger partial charge in [-0.05, 0) is 45.0 Å². The van der Waals surface area contributed by atoms with Crippen molar-refractivity contribution in [3.8, 4) is 0 Å². The van der Waals surface area contributed by atoms with E-state index in [9.17, 15) is 43.2 Å². The molecule has 234 valence electrons. The molecule has 3 aromatic carbocycles. The Morgan fingerprint density at radius 2 is 1.02 bits per heavy atom. The van der Waals surface area contributed by atoms with E-state index in [4.69, 9.17) is 0 Å². The van der Waals surface area contributed by atoms with Crippen LogP contribution in [0.1, 0.15) is 33.3 Å². The lowest BCUT2D eigenvalue weighted by atomic mass is 9.95. The van der Waals surface area contributed by atoms with Gasteiger partial charge >= 0.3 is 31.1 Å². The highest BCUT2D eigenvalue weighted by molar-refractivity contribution is 7.90. The molecule has 0 heterocycles. The van der Waals surface area contributed by atoms with Crippen molar-refractivity contribution in [2.45, 2.75) is 57.3 Å². The lowest BCUT2D eigenvalue weighted by Gasteiger charge is -2.34. The number of nitrogens with one attached hydrogen (secondary N) is 2. The van der Waals surface area contributed by atoms with E-state index in [0.29, 0.717) is 5.56 Å². The van der Waals surface area contributed by atoms with E-state index in [1.807, 2.05) is 42.5 Å². The molecule has 42 heavy (non-hydrogen) atoms. The minimum Gasteiger partial charge on any atom is -0.296 e. The third-order valence-corrected chi connectivity index (χ3v) is 9.45. The Labute approximate surface area is 241 Å². The predicted molar refractivity (Wildman–Crippen MR) is 150 cm³/mol. The molecule has 0 unspecified atom stereocenters. The number of rotatable bonds is 12. The van der Waals surface area contributed by atoms with Crippen molar-refractivity contribution in [2.24, 2.45) is 11.8 Å². The van der Waals surface area contributed by atoms with Crippen LogP contribution in [0.3, 0.4) is 0 Å².